The SMILES string of the molecule is CCCC(O)CNc1cc(F)c(Cl)cc1N. The Bertz CT molecular complexity index is 360. The lowest BCUT2D eigenvalue weighted by atomic mass is 10.2. The van der Waals surface area contributed by atoms with Crippen molar-refractivity contribution < 1.29 is 9.50 Å². The minimum atomic E-state index is -0.525. The van der Waals surface area contributed by atoms with Crippen molar-refractivity contribution in [1.29, 1.82) is 0 Å². The molecule has 90 valence electrons. The molecule has 0 aromatic heterocycles. The van der Waals surface area contributed by atoms with Gasteiger partial charge in [0.25, 0.3) is 0 Å². The quantitative estimate of drug-likeness (QED) is 0.700. The highest BCUT2D eigenvalue weighted by atomic mass is 35.5. The van der Waals surface area contributed by atoms with Gasteiger partial charge in [-0.15, -0.1) is 0 Å². The van der Waals surface area contributed by atoms with E-state index in [0.29, 0.717) is 24.3 Å². The third kappa shape index (κ3) is 3.54. The van der Waals surface area contributed by atoms with Crippen LogP contribution in [0.4, 0.5) is 15.8 Å². The summed E-state index contributed by atoms with van der Waals surface area (Å²) in [5.41, 5.74) is 6.48. The molecule has 0 amide bonds. The van der Waals surface area contributed by atoms with Crippen molar-refractivity contribution in [3.05, 3.63) is 23.0 Å². The van der Waals surface area contributed by atoms with E-state index < -0.39 is 11.9 Å². The zero-order valence-electron chi connectivity index (χ0n) is 9.13. The van der Waals surface area contributed by atoms with E-state index in [0.717, 1.165) is 6.42 Å². The van der Waals surface area contributed by atoms with Gasteiger partial charge in [0, 0.05) is 12.6 Å². The monoisotopic (exact) mass is 246 g/mol. The Kier molecular flexibility index (Phi) is 4.83. The number of hydrogen-bond donors (Lipinski definition) is 3. The van der Waals surface area contributed by atoms with Crippen LogP contribution in [0, 0.1) is 5.82 Å². The average molecular weight is 247 g/mol. The van der Waals surface area contributed by atoms with Crippen LogP contribution in [-0.2, 0) is 0 Å². The van der Waals surface area contributed by atoms with Crippen molar-refractivity contribution in [2.24, 2.45) is 0 Å². The molecule has 0 saturated carbocycles. The molecule has 0 fully saturated rings. The fourth-order valence-corrected chi connectivity index (χ4v) is 1.55. The Morgan fingerprint density at radius 1 is 1.56 bits per heavy atom. The summed E-state index contributed by atoms with van der Waals surface area (Å²) in [5.74, 6) is -0.525. The molecular weight excluding hydrogens is 231 g/mol. The number of rotatable bonds is 5. The smallest absolute Gasteiger partial charge is 0.143 e. The van der Waals surface area contributed by atoms with Gasteiger partial charge in [-0.05, 0) is 12.5 Å². The predicted molar refractivity (Wildman–Crippen MR) is 65.2 cm³/mol. The van der Waals surface area contributed by atoms with E-state index in [-0.39, 0.29) is 5.02 Å². The zero-order chi connectivity index (χ0) is 12.1. The summed E-state index contributed by atoms with van der Waals surface area (Å²) in [6, 6.07) is 2.59. The van der Waals surface area contributed by atoms with Crippen molar-refractivity contribution in [2.45, 2.75) is 25.9 Å². The van der Waals surface area contributed by atoms with Crippen molar-refractivity contribution in [1.82, 2.24) is 0 Å². The van der Waals surface area contributed by atoms with Crippen LogP contribution in [0.3, 0.4) is 0 Å². The third-order valence-electron chi connectivity index (χ3n) is 2.24. The summed E-state index contributed by atoms with van der Waals surface area (Å²) in [7, 11) is 0. The van der Waals surface area contributed by atoms with E-state index in [1.807, 2.05) is 6.92 Å². The summed E-state index contributed by atoms with van der Waals surface area (Å²) in [5, 5.41) is 12.4. The number of aliphatic hydroxyl groups is 1. The number of aliphatic hydroxyl groups excluding tert-OH is 1. The fourth-order valence-electron chi connectivity index (χ4n) is 1.38. The molecule has 0 heterocycles. The number of halogens is 2. The van der Waals surface area contributed by atoms with Crippen LogP contribution >= 0.6 is 11.6 Å². The minimum absolute atomic E-state index is 0.00263. The summed E-state index contributed by atoms with van der Waals surface area (Å²) < 4.78 is 13.1. The second kappa shape index (κ2) is 5.92. The van der Waals surface area contributed by atoms with Gasteiger partial charge in [0.1, 0.15) is 5.82 Å². The number of anilines is 2. The standard InChI is InChI=1S/C11H16ClFN2O/c1-2-3-7(16)6-15-11-5-9(13)8(12)4-10(11)14/h4-5,7,15-16H,2-3,6,14H2,1H3. The lowest BCUT2D eigenvalue weighted by Gasteiger charge is -2.13. The number of hydrogen-bond acceptors (Lipinski definition) is 3. The molecule has 0 aliphatic heterocycles. The van der Waals surface area contributed by atoms with Crippen molar-refractivity contribution in [3.8, 4) is 0 Å². The largest absolute Gasteiger partial charge is 0.397 e. The molecule has 1 aromatic carbocycles. The first kappa shape index (κ1) is 13.1. The number of benzene rings is 1. The molecule has 16 heavy (non-hydrogen) atoms. The second-order valence-electron chi connectivity index (χ2n) is 3.68. The van der Waals surface area contributed by atoms with Gasteiger partial charge in [-0.25, -0.2) is 4.39 Å². The maximum absolute atomic E-state index is 13.1. The molecule has 1 aromatic rings. The predicted octanol–water partition coefficient (Wildman–Crippen LogP) is 2.63. The molecule has 1 unspecified atom stereocenters. The molecule has 0 saturated heterocycles. The van der Waals surface area contributed by atoms with E-state index in [9.17, 15) is 9.50 Å². The highest BCUT2D eigenvalue weighted by Crippen LogP contribution is 2.26. The van der Waals surface area contributed by atoms with E-state index in [1.165, 1.54) is 12.1 Å². The average Bonchev–Trinajstić information content (AvgIpc) is 2.22. The van der Waals surface area contributed by atoms with Gasteiger partial charge in [0.15, 0.2) is 0 Å². The van der Waals surface area contributed by atoms with E-state index in [1.54, 1.807) is 0 Å². The van der Waals surface area contributed by atoms with Crippen molar-refractivity contribution in [2.75, 3.05) is 17.6 Å². The number of nitrogen functional groups attached to an aromatic ring is 1. The van der Waals surface area contributed by atoms with E-state index in [2.05, 4.69) is 5.32 Å². The Labute approximate surface area is 99.4 Å². The molecule has 1 atom stereocenters. The van der Waals surface area contributed by atoms with Gasteiger partial charge in [0.05, 0.1) is 22.5 Å². The van der Waals surface area contributed by atoms with Crippen LogP contribution < -0.4 is 11.1 Å². The lowest BCUT2D eigenvalue weighted by molar-refractivity contribution is 0.176. The first-order valence-corrected chi connectivity index (χ1v) is 5.58. The third-order valence-corrected chi connectivity index (χ3v) is 2.53. The van der Waals surface area contributed by atoms with Crippen LogP contribution in [0.2, 0.25) is 5.02 Å². The molecular formula is C11H16ClFN2O. The molecule has 4 N–H and O–H groups in total. The van der Waals surface area contributed by atoms with Gasteiger partial charge >= 0.3 is 0 Å². The number of nitrogens with two attached hydrogens (primary N) is 1. The van der Waals surface area contributed by atoms with Crippen LogP contribution in [0.1, 0.15) is 19.8 Å². The normalized spacial score (nSPS) is 12.5. The highest BCUT2D eigenvalue weighted by Gasteiger charge is 2.08. The first-order chi connectivity index (χ1) is 7.54. The van der Waals surface area contributed by atoms with Crippen LogP contribution in [-0.4, -0.2) is 17.8 Å². The lowest BCUT2D eigenvalue weighted by Crippen LogP contribution is -2.19. The topological polar surface area (TPSA) is 58.3 Å². The van der Waals surface area contributed by atoms with Crippen molar-refractivity contribution in [3.63, 3.8) is 0 Å². The van der Waals surface area contributed by atoms with Crippen molar-refractivity contribution >= 4 is 23.0 Å². The summed E-state index contributed by atoms with van der Waals surface area (Å²) >= 11 is 5.57. The molecule has 1 rings (SSSR count). The number of nitrogens with one attached hydrogen (secondary N) is 1. The molecule has 3 nitrogen and oxygen atoms in total. The van der Waals surface area contributed by atoms with Gasteiger partial charge < -0.3 is 16.2 Å². The Morgan fingerprint density at radius 2 is 2.25 bits per heavy atom. The first-order valence-electron chi connectivity index (χ1n) is 5.21. The van der Waals surface area contributed by atoms with Gasteiger partial charge in [-0.2, -0.15) is 0 Å². The summed E-state index contributed by atoms with van der Waals surface area (Å²) in [6.45, 7) is 2.33. The molecule has 0 spiro atoms. The van der Waals surface area contributed by atoms with Gasteiger partial charge in [-0.3, -0.25) is 0 Å². The minimum Gasteiger partial charge on any atom is -0.397 e. The summed E-state index contributed by atoms with van der Waals surface area (Å²) in [4.78, 5) is 0. The maximum atomic E-state index is 13.1. The molecule has 5 heteroatoms. The molecule has 0 bridgehead atoms. The van der Waals surface area contributed by atoms with Gasteiger partial charge in [-0.1, -0.05) is 24.9 Å². The fraction of sp³-hybridized carbons (Fsp3) is 0.455. The van der Waals surface area contributed by atoms with Crippen LogP contribution in [0.25, 0.3) is 0 Å². The Balaban J connectivity index is 2.63. The van der Waals surface area contributed by atoms with Crippen LogP contribution in [0.5, 0.6) is 0 Å². The zero-order valence-corrected chi connectivity index (χ0v) is 9.89. The highest BCUT2D eigenvalue weighted by molar-refractivity contribution is 6.31. The molecule has 0 aliphatic carbocycles. The Hall–Kier alpha value is -1.00. The summed E-state index contributed by atoms with van der Waals surface area (Å²) in [6.07, 6.45) is 1.14. The maximum Gasteiger partial charge on any atom is 0.143 e. The van der Waals surface area contributed by atoms with E-state index >= 15 is 0 Å². The second-order valence-corrected chi connectivity index (χ2v) is 4.08. The Morgan fingerprint density at radius 3 is 2.88 bits per heavy atom. The molecule has 0 aliphatic rings. The van der Waals surface area contributed by atoms with Crippen LogP contribution in [0.15, 0.2) is 12.1 Å². The van der Waals surface area contributed by atoms with E-state index in [4.69, 9.17) is 17.3 Å². The van der Waals surface area contributed by atoms with Gasteiger partial charge in [0.2, 0.25) is 0 Å². The molecule has 0 radical (unpaired) electrons.